The Morgan fingerprint density at radius 3 is 2.29 bits per heavy atom. The normalized spacial score (nSPS) is 18.8. The summed E-state index contributed by atoms with van der Waals surface area (Å²) < 4.78 is 16.2. The lowest BCUT2D eigenvalue weighted by Crippen LogP contribution is -2.48. The molecule has 0 aliphatic carbocycles. The lowest BCUT2D eigenvalue weighted by atomic mass is 10.1. The fourth-order valence-corrected chi connectivity index (χ4v) is 2.61. The van der Waals surface area contributed by atoms with Crippen LogP contribution >= 0.6 is 12.4 Å². The van der Waals surface area contributed by atoms with Gasteiger partial charge in [-0.3, -0.25) is 4.90 Å². The first-order valence-corrected chi connectivity index (χ1v) is 6.92. The van der Waals surface area contributed by atoms with E-state index in [2.05, 4.69) is 17.1 Å². The number of rotatable bonds is 5. The molecule has 1 fully saturated rings. The van der Waals surface area contributed by atoms with Crippen molar-refractivity contribution in [3.63, 3.8) is 0 Å². The SMILES string of the molecule is COc1cc(OC)c(OC)cc1CN1CCN[C@H](C)C1.Cl. The molecule has 1 aromatic rings. The number of hydrogen-bond acceptors (Lipinski definition) is 5. The van der Waals surface area contributed by atoms with Crippen LogP contribution in [-0.4, -0.2) is 51.9 Å². The van der Waals surface area contributed by atoms with Crippen LogP contribution in [0.25, 0.3) is 0 Å². The van der Waals surface area contributed by atoms with E-state index in [1.165, 1.54) is 0 Å². The second-order valence-electron chi connectivity index (χ2n) is 5.11. The van der Waals surface area contributed by atoms with Crippen LogP contribution in [0.4, 0.5) is 0 Å². The topological polar surface area (TPSA) is 43.0 Å². The molecule has 1 aromatic carbocycles. The van der Waals surface area contributed by atoms with Gasteiger partial charge in [0, 0.05) is 43.9 Å². The Kier molecular flexibility index (Phi) is 7.08. The second kappa shape index (κ2) is 8.32. The van der Waals surface area contributed by atoms with Crippen LogP contribution in [0.15, 0.2) is 12.1 Å². The fourth-order valence-electron chi connectivity index (χ4n) is 2.61. The van der Waals surface area contributed by atoms with Gasteiger partial charge in [-0.2, -0.15) is 0 Å². The van der Waals surface area contributed by atoms with Gasteiger partial charge in [-0.25, -0.2) is 0 Å². The predicted octanol–water partition coefficient (Wildman–Crippen LogP) is 1.93. The summed E-state index contributed by atoms with van der Waals surface area (Å²) in [6.45, 7) is 6.17. The van der Waals surface area contributed by atoms with E-state index >= 15 is 0 Å². The summed E-state index contributed by atoms with van der Waals surface area (Å²) in [5.74, 6) is 2.28. The fraction of sp³-hybridized carbons (Fsp3) is 0.600. The molecule has 21 heavy (non-hydrogen) atoms. The molecule has 1 aliphatic rings. The molecule has 1 atom stereocenters. The molecule has 0 saturated carbocycles. The average molecular weight is 317 g/mol. The Morgan fingerprint density at radius 2 is 1.71 bits per heavy atom. The third-order valence-electron chi connectivity index (χ3n) is 3.63. The molecule has 0 unspecified atom stereocenters. The molecule has 0 aromatic heterocycles. The monoisotopic (exact) mass is 316 g/mol. The molecule has 1 N–H and O–H groups in total. The molecule has 2 rings (SSSR count). The Morgan fingerprint density at radius 1 is 1.10 bits per heavy atom. The van der Waals surface area contributed by atoms with Gasteiger partial charge in [0.15, 0.2) is 11.5 Å². The van der Waals surface area contributed by atoms with Crippen molar-refractivity contribution in [2.75, 3.05) is 41.0 Å². The lowest BCUT2D eigenvalue weighted by molar-refractivity contribution is 0.197. The third kappa shape index (κ3) is 4.40. The van der Waals surface area contributed by atoms with E-state index in [0.717, 1.165) is 43.2 Å². The number of ether oxygens (including phenoxy) is 3. The molecule has 1 saturated heterocycles. The molecular weight excluding hydrogens is 292 g/mol. The van der Waals surface area contributed by atoms with Crippen LogP contribution in [0.1, 0.15) is 12.5 Å². The maximum atomic E-state index is 5.48. The molecule has 0 bridgehead atoms. The first kappa shape index (κ1) is 17.9. The van der Waals surface area contributed by atoms with Crippen molar-refractivity contribution in [3.8, 4) is 17.2 Å². The Labute approximate surface area is 133 Å². The van der Waals surface area contributed by atoms with Crippen molar-refractivity contribution in [1.82, 2.24) is 10.2 Å². The molecule has 1 heterocycles. The largest absolute Gasteiger partial charge is 0.496 e. The summed E-state index contributed by atoms with van der Waals surface area (Å²) in [6, 6.07) is 4.42. The summed E-state index contributed by atoms with van der Waals surface area (Å²) in [7, 11) is 4.97. The minimum absolute atomic E-state index is 0. The summed E-state index contributed by atoms with van der Waals surface area (Å²) in [6.07, 6.45) is 0. The van der Waals surface area contributed by atoms with Crippen molar-refractivity contribution in [2.24, 2.45) is 0 Å². The van der Waals surface area contributed by atoms with Gasteiger partial charge in [-0.15, -0.1) is 12.4 Å². The van der Waals surface area contributed by atoms with E-state index in [4.69, 9.17) is 14.2 Å². The quantitative estimate of drug-likeness (QED) is 0.899. The minimum Gasteiger partial charge on any atom is -0.496 e. The van der Waals surface area contributed by atoms with Crippen molar-refractivity contribution in [1.29, 1.82) is 0 Å². The van der Waals surface area contributed by atoms with Gasteiger partial charge in [-0.1, -0.05) is 0 Å². The van der Waals surface area contributed by atoms with E-state index in [-0.39, 0.29) is 12.4 Å². The number of piperazine rings is 1. The zero-order valence-corrected chi connectivity index (χ0v) is 14.0. The van der Waals surface area contributed by atoms with E-state index in [1.807, 2.05) is 12.1 Å². The molecular formula is C15H25ClN2O3. The number of hydrogen-bond donors (Lipinski definition) is 1. The van der Waals surface area contributed by atoms with Crippen molar-refractivity contribution in [2.45, 2.75) is 19.5 Å². The summed E-state index contributed by atoms with van der Waals surface area (Å²) >= 11 is 0. The van der Waals surface area contributed by atoms with E-state index < -0.39 is 0 Å². The highest BCUT2D eigenvalue weighted by Gasteiger charge is 2.19. The Hall–Kier alpha value is -1.17. The van der Waals surface area contributed by atoms with Crippen molar-refractivity contribution in [3.05, 3.63) is 17.7 Å². The van der Waals surface area contributed by atoms with Crippen LogP contribution in [0.3, 0.4) is 0 Å². The van der Waals surface area contributed by atoms with Gasteiger partial charge >= 0.3 is 0 Å². The lowest BCUT2D eigenvalue weighted by Gasteiger charge is -2.32. The average Bonchev–Trinajstić information content (AvgIpc) is 2.46. The molecule has 0 amide bonds. The standard InChI is InChI=1S/C15H24N2O3.ClH/c1-11-9-17(6-5-16-11)10-12-7-14(19-3)15(20-4)8-13(12)18-2;/h7-8,11,16H,5-6,9-10H2,1-4H3;1H/t11-;/m1./s1. The first-order chi connectivity index (χ1) is 9.67. The molecule has 1 aliphatic heterocycles. The number of nitrogens with one attached hydrogen (secondary N) is 1. The minimum atomic E-state index is 0. The van der Waals surface area contributed by atoms with Gasteiger partial charge < -0.3 is 19.5 Å². The zero-order chi connectivity index (χ0) is 14.5. The number of nitrogens with zero attached hydrogens (tertiary/aromatic N) is 1. The van der Waals surface area contributed by atoms with Gasteiger partial charge in [0.1, 0.15) is 5.75 Å². The second-order valence-corrected chi connectivity index (χ2v) is 5.11. The molecule has 6 heteroatoms. The summed E-state index contributed by atoms with van der Waals surface area (Å²) in [4.78, 5) is 2.42. The van der Waals surface area contributed by atoms with E-state index in [1.54, 1.807) is 21.3 Å². The maximum Gasteiger partial charge on any atom is 0.164 e. The van der Waals surface area contributed by atoms with Crippen LogP contribution in [0, 0.1) is 0 Å². The smallest absolute Gasteiger partial charge is 0.164 e. The van der Waals surface area contributed by atoms with Crippen LogP contribution in [-0.2, 0) is 6.54 Å². The van der Waals surface area contributed by atoms with Crippen LogP contribution in [0.2, 0.25) is 0 Å². The highest BCUT2D eigenvalue weighted by atomic mass is 35.5. The summed E-state index contributed by atoms with van der Waals surface area (Å²) in [5, 5.41) is 3.45. The number of benzene rings is 1. The third-order valence-corrected chi connectivity index (χ3v) is 3.63. The summed E-state index contributed by atoms with van der Waals surface area (Å²) in [5.41, 5.74) is 1.12. The van der Waals surface area contributed by atoms with Crippen molar-refractivity contribution >= 4 is 12.4 Å². The molecule has 0 radical (unpaired) electrons. The van der Waals surface area contributed by atoms with Gasteiger partial charge in [0.2, 0.25) is 0 Å². The highest BCUT2D eigenvalue weighted by molar-refractivity contribution is 5.85. The van der Waals surface area contributed by atoms with E-state index in [0.29, 0.717) is 11.8 Å². The number of halogens is 1. The molecule has 5 nitrogen and oxygen atoms in total. The van der Waals surface area contributed by atoms with Gasteiger partial charge in [0.05, 0.1) is 21.3 Å². The molecule has 0 spiro atoms. The van der Waals surface area contributed by atoms with Crippen LogP contribution in [0.5, 0.6) is 17.2 Å². The maximum absolute atomic E-state index is 5.48. The Balaban J connectivity index is 0.00000220. The van der Waals surface area contributed by atoms with Crippen LogP contribution < -0.4 is 19.5 Å². The predicted molar refractivity (Wildman–Crippen MR) is 86.1 cm³/mol. The van der Waals surface area contributed by atoms with Gasteiger partial charge in [0.25, 0.3) is 0 Å². The first-order valence-electron chi connectivity index (χ1n) is 6.92. The zero-order valence-electron chi connectivity index (χ0n) is 13.1. The van der Waals surface area contributed by atoms with Crippen molar-refractivity contribution < 1.29 is 14.2 Å². The van der Waals surface area contributed by atoms with Gasteiger partial charge in [-0.05, 0) is 13.0 Å². The Bertz CT molecular complexity index is 457. The highest BCUT2D eigenvalue weighted by Crippen LogP contribution is 2.35. The van der Waals surface area contributed by atoms with E-state index in [9.17, 15) is 0 Å². The number of methoxy groups -OCH3 is 3. The molecule has 120 valence electrons.